The molecule has 0 aliphatic heterocycles. The molecule has 4 N–H and O–H groups in total. The van der Waals surface area contributed by atoms with Crippen LogP contribution < -0.4 is 6.15 Å². The monoisotopic (exact) mass is 245 g/mol. The van der Waals surface area contributed by atoms with E-state index in [4.69, 9.17) is 5.11 Å². The van der Waals surface area contributed by atoms with Crippen LogP contribution in [-0.4, -0.2) is 22.6 Å². The molecule has 0 saturated carbocycles. The zero-order chi connectivity index (χ0) is 12.4. The molecule has 0 aliphatic rings. The topological polar surface area (TPSA) is 106 Å². The van der Waals surface area contributed by atoms with Crippen molar-refractivity contribution in [3.8, 4) is 0 Å². The van der Waals surface area contributed by atoms with Crippen molar-refractivity contribution in [1.82, 2.24) is 6.15 Å². The van der Waals surface area contributed by atoms with Gasteiger partial charge in [0.25, 0.3) is 0 Å². The van der Waals surface area contributed by atoms with E-state index >= 15 is 0 Å². The van der Waals surface area contributed by atoms with Crippen LogP contribution in [0.2, 0.25) is 0 Å². The van der Waals surface area contributed by atoms with Gasteiger partial charge in [0.2, 0.25) is 5.78 Å². The predicted molar refractivity (Wildman–Crippen MR) is 65.3 cm³/mol. The van der Waals surface area contributed by atoms with Crippen molar-refractivity contribution in [2.45, 2.75) is 58.3 Å². The Bertz CT molecular complexity index is 251. The fourth-order valence-corrected chi connectivity index (χ4v) is 1.47. The average Bonchev–Trinajstić information content (AvgIpc) is 2.21. The van der Waals surface area contributed by atoms with Crippen LogP contribution in [0.25, 0.3) is 0 Å². The second-order valence-electron chi connectivity index (χ2n) is 4.05. The molecule has 0 saturated heterocycles. The van der Waals surface area contributed by atoms with E-state index in [1.54, 1.807) is 6.92 Å². The summed E-state index contributed by atoms with van der Waals surface area (Å²) in [6, 6.07) is 0. The fourth-order valence-electron chi connectivity index (χ4n) is 1.47. The van der Waals surface area contributed by atoms with Crippen molar-refractivity contribution in [3.63, 3.8) is 0 Å². The van der Waals surface area contributed by atoms with Gasteiger partial charge in [0.05, 0.1) is 0 Å². The van der Waals surface area contributed by atoms with Gasteiger partial charge >= 0.3 is 5.97 Å². The third-order valence-electron chi connectivity index (χ3n) is 2.42. The zero-order valence-electron chi connectivity index (χ0n) is 10.5. The highest BCUT2D eigenvalue weighted by atomic mass is 16.4. The summed E-state index contributed by atoms with van der Waals surface area (Å²) in [7, 11) is 0. The van der Waals surface area contributed by atoms with Gasteiger partial charge in [-0.3, -0.25) is 4.79 Å². The van der Waals surface area contributed by atoms with Crippen molar-refractivity contribution in [2.24, 2.45) is 0 Å². The summed E-state index contributed by atoms with van der Waals surface area (Å²) in [4.78, 5) is 31.5. The molecule has 0 bridgehead atoms. The largest absolute Gasteiger partial charge is 0.476 e. The number of rotatable bonds is 10. The van der Waals surface area contributed by atoms with Crippen molar-refractivity contribution in [2.75, 3.05) is 0 Å². The normalized spacial score (nSPS) is 9.47. The van der Waals surface area contributed by atoms with Crippen molar-refractivity contribution >= 4 is 17.5 Å². The molecule has 5 heteroatoms. The Labute approximate surface area is 102 Å². The molecule has 0 aliphatic carbocycles. The number of carbonyl (C=O) groups is 3. The highest BCUT2D eigenvalue weighted by molar-refractivity contribution is 6.32. The second kappa shape index (κ2) is 11.3. The Kier molecular flexibility index (Phi) is 12.0. The second-order valence-corrected chi connectivity index (χ2v) is 4.05. The van der Waals surface area contributed by atoms with E-state index in [1.165, 1.54) is 0 Å². The number of carbonyl (C=O) groups excluding carboxylic acids is 2. The number of ketones is 2. The van der Waals surface area contributed by atoms with Crippen LogP contribution in [0.1, 0.15) is 58.3 Å². The van der Waals surface area contributed by atoms with E-state index in [9.17, 15) is 14.4 Å². The first-order valence-corrected chi connectivity index (χ1v) is 5.79. The Morgan fingerprint density at radius 3 is 1.65 bits per heavy atom. The van der Waals surface area contributed by atoms with Crippen molar-refractivity contribution in [1.29, 1.82) is 0 Å². The van der Waals surface area contributed by atoms with Crippen LogP contribution in [0.3, 0.4) is 0 Å². The highest BCUT2D eigenvalue weighted by Gasteiger charge is 2.09. The van der Waals surface area contributed by atoms with Crippen LogP contribution in [0.4, 0.5) is 0 Å². The smallest absolute Gasteiger partial charge is 0.372 e. The Balaban J connectivity index is 0. The summed E-state index contributed by atoms with van der Waals surface area (Å²) >= 11 is 0. The summed E-state index contributed by atoms with van der Waals surface area (Å²) in [6.45, 7) is 1.59. The number of hydrogen-bond donors (Lipinski definition) is 2. The molecule has 0 heterocycles. The van der Waals surface area contributed by atoms with E-state index in [0.29, 0.717) is 12.8 Å². The summed E-state index contributed by atoms with van der Waals surface area (Å²) in [5, 5.41) is 8.33. The molecule has 0 radical (unpaired) electrons. The first-order chi connectivity index (χ1) is 7.54. The quantitative estimate of drug-likeness (QED) is 0.454. The average molecular weight is 245 g/mol. The SMILES string of the molecule is CC(=O)CCCCCCCCC(=O)C(=O)O.N. The van der Waals surface area contributed by atoms with Gasteiger partial charge in [0, 0.05) is 12.8 Å². The van der Waals surface area contributed by atoms with Crippen LogP contribution in [0.5, 0.6) is 0 Å². The molecule has 0 rings (SSSR count). The summed E-state index contributed by atoms with van der Waals surface area (Å²) < 4.78 is 0. The maximum Gasteiger partial charge on any atom is 0.372 e. The number of hydrogen-bond acceptors (Lipinski definition) is 4. The molecule has 0 aromatic rings. The molecule has 0 aromatic heterocycles. The van der Waals surface area contributed by atoms with Gasteiger partial charge in [0.1, 0.15) is 5.78 Å². The molecule has 0 atom stereocenters. The van der Waals surface area contributed by atoms with Gasteiger partial charge < -0.3 is 16.1 Å². The molecule has 0 amide bonds. The minimum Gasteiger partial charge on any atom is -0.476 e. The molecule has 100 valence electrons. The summed E-state index contributed by atoms with van der Waals surface area (Å²) in [5.74, 6) is -1.80. The first kappa shape index (κ1) is 18.1. The van der Waals surface area contributed by atoms with Gasteiger partial charge in [-0.15, -0.1) is 0 Å². The van der Waals surface area contributed by atoms with Crippen LogP contribution in [-0.2, 0) is 14.4 Å². The Morgan fingerprint density at radius 2 is 1.24 bits per heavy atom. The first-order valence-electron chi connectivity index (χ1n) is 5.79. The van der Waals surface area contributed by atoms with Crippen molar-refractivity contribution < 1.29 is 19.5 Å². The van der Waals surface area contributed by atoms with Gasteiger partial charge in [-0.25, -0.2) is 4.79 Å². The maximum atomic E-state index is 10.7. The number of aliphatic carboxylic acids is 1. The predicted octanol–water partition coefficient (Wildman–Crippen LogP) is 2.51. The molecule has 5 nitrogen and oxygen atoms in total. The van der Waals surface area contributed by atoms with Gasteiger partial charge in [-0.05, 0) is 19.8 Å². The van der Waals surface area contributed by atoms with E-state index in [-0.39, 0.29) is 18.4 Å². The number of carboxylic acids is 1. The number of unbranched alkanes of at least 4 members (excludes halogenated alkanes) is 5. The molecule has 0 fully saturated rings. The van der Waals surface area contributed by atoms with E-state index < -0.39 is 11.8 Å². The summed E-state index contributed by atoms with van der Waals surface area (Å²) in [6.07, 6.45) is 6.35. The van der Waals surface area contributed by atoms with E-state index in [0.717, 1.165) is 32.1 Å². The highest BCUT2D eigenvalue weighted by Crippen LogP contribution is 2.08. The summed E-state index contributed by atoms with van der Waals surface area (Å²) in [5.41, 5.74) is 0. The van der Waals surface area contributed by atoms with E-state index in [1.807, 2.05) is 0 Å². The van der Waals surface area contributed by atoms with Gasteiger partial charge in [-0.1, -0.05) is 25.7 Å². The molecule has 0 unspecified atom stereocenters. The van der Waals surface area contributed by atoms with Crippen LogP contribution in [0, 0.1) is 0 Å². The molecular formula is C12H23NO4. The standard InChI is InChI=1S/C12H20O4.H3N/c1-10(13)8-6-4-2-3-5-7-9-11(14)12(15)16;/h2-9H2,1H3,(H,15,16);1H3. The fraction of sp³-hybridized carbons (Fsp3) is 0.750. The molecule has 0 spiro atoms. The third-order valence-corrected chi connectivity index (χ3v) is 2.42. The molecule has 17 heavy (non-hydrogen) atoms. The van der Waals surface area contributed by atoms with Crippen molar-refractivity contribution in [3.05, 3.63) is 0 Å². The third kappa shape index (κ3) is 12.7. The zero-order valence-corrected chi connectivity index (χ0v) is 10.5. The van der Waals surface area contributed by atoms with Crippen LogP contribution in [0.15, 0.2) is 0 Å². The number of Topliss-reactive ketones (excluding diaryl/α,β-unsaturated/α-hetero) is 2. The van der Waals surface area contributed by atoms with Gasteiger partial charge in [-0.2, -0.15) is 0 Å². The Morgan fingerprint density at radius 1 is 0.824 bits per heavy atom. The minimum absolute atomic E-state index is 0. The lowest BCUT2D eigenvalue weighted by Crippen LogP contribution is -2.11. The van der Waals surface area contributed by atoms with Crippen LogP contribution >= 0.6 is 0 Å². The lowest BCUT2D eigenvalue weighted by atomic mass is 10.1. The van der Waals surface area contributed by atoms with E-state index in [2.05, 4.69) is 0 Å². The van der Waals surface area contributed by atoms with Gasteiger partial charge in [0.15, 0.2) is 0 Å². The number of carboxylic acid groups (broad SMARTS) is 1. The maximum absolute atomic E-state index is 10.7. The lowest BCUT2D eigenvalue weighted by molar-refractivity contribution is -0.149. The lowest BCUT2D eigenvalue weighted by Gasteiger charge is -1.99. The Hall–Kier alpha value is -1.23. The molecular weight excluding hydrogens is 222 g/mol. The minimum atomic E-state index is -1.33. The molecule has 0 aromatic carbocycles.